The van der Waals surface area contributed by atoms with Crippen LogP contribution in [-0.2, 0) is 28.1 Å². The Hall–Kier alpha value is -1.05. The van der Waals surface area contributed by atoms with Gasteiger partial charge >= 0.3 is 21.7 Å². The molecule has 1 radical (unpaired) electrons. The smallest absolute Gasteiger partial charge is 1.00 e. The van der Waals surface area contributed by atoms with Crippen molar-refractivity contribution in [2.45, 2.75) is 6.42 Å². The van der Waals surface area contributed by atoms with E-state index < -0.39 is 0 Å². The topological polar surface area (TPSA) is 0 Å². The molecular formula is C19H13Cl2Ti. The summed E-state index contributed by atoms with van der Waals surface area (Å²) >= 11 is 0. The second kappa shape index (κ2) is 7.99. The van der Waals surface area contributed by atoms with Gasteiger partial charge in [-0.25, -0.2) is 0 Å². The molecule has 0 spiro atoms. The minimum atomic E-state index is 0. The minimum absolute atomic E-state index is 0. The zero-order valence-corrected chi connectivity index (χ0v) is 14.9. The molecule has 3 aromatic carbocycles. The average Bonchev–Trinajstić information content (AvgIpc) is 2.86. The van der Waals surface area contributed by atoms with Gasteiger partial charge in [-0.2, -0.15) is 18.2 Å². The fraction of sp³-hybridized carbons (Fsp3) is 0.0526. The van der Waals surface area contributed by atoms with E-state index >= 15 is 0 Å². The van der Waals surface area contributed by atoms with E-state index in [0.29, 0.717) is 0 Å². The first-order valence-electron chi connectivity index (χ1n) is 6.61. The van der Waals surface area contributed by atoms with E-state index in [9.17, 15) is 0 Å². The van der Waals surface area contributed by atoms with Crippen LogP contribution >= 0.6 is 0 Å². The third-order valence-electron chi connectivity index (χ3n) is 3.82. The van der Waals surface area contributed by atoms with Crippen LogP contribution in [0, 0.1) is 6.07 Å². The molecule has 3 aromatic rings. The SMILES string of the molecule is [Cl-].[Cl-].[Ti+3].[c-]1ccc(-c2ccccc2)c2c1Cc1ccccc1-2. The monoisotopic (exact) mass is 359 g/mol. The third kappa shape index (κ3) is 3.16. The van der Waals surface area contributed by atoms with Crippen LogP contribution in [0.3, 0.4) is 0 Å². The van der Waals surface area contributed by atoms with Crippen molar-refractivity contribution in [3.05, 3.63) is 83.9 Å². The third-order valence-corrected chi connectivity index (χ3v) is 3.82. The molecule has 0 aliphatic heterocycles. The molecule has 0 unspecified atom stereocenters. The molecule has 0 saturated heterocycles. The van der Waals surface area contributed by atoms with Gasteiger partial charge in [-0.3, -0.25) is 0 Å². The van der Waals surface area contributed by atoms with Crippen molar-refractivity contribution in [2.75, 3.05) is 0 Å². The van der Waals surface area contributed by atoms with Crippen molar-refractivity contribution in [3.8, 4) is 22.3 Å². The van der Waals surface area contributed by atoms with Gasteiger partial charge in [-0.1, -0.05) is 65.7 Å². The van der Waals surface area contributed by atoms with Crippen molar-refractivity contribution in [1.29, 1.82) is 0 Å². The average molecular weight is 360 g/mol. The van der Waals surface area contributed by atoms with Crippen molar-refractivity contribution >= 4 is 0 Å². The molecule has 3 heteroatoms. The molecule has 107 valence electrons. The van der Waals surface area contributed by atoms with E-state index in [-0.39, 0.29) is 46.5 Å². The minimum Gasteiger partial charge on any atom is -1.00 e. The first-order valence-corrected chi connectivity index (χ1v) is 6.61. The van der Waals surface area contributed by atoms with Gasteiger partial charge in [-0.05, 0) is 12.0 Å². The zero-order chi connectivity index (χ0) is 12.7. The largest absolute Gasteiger partial charge is 3.00 e. The van der Waals surface area contributed by atoms with Crippen molar-refractivity contribution in [1.82, 2.24) is 0 Å². The van der Waals surface area contributed by atoms with Crippen LogP contribution in [-0.4, -0.2) is 0 Å². The van der Waals surface area contributed by atoms with Gasteiger partial charge in [-0.15, -0.1) is 16.7 Å². The molecular weight excluding hydrogens is 347 g/mol. The van der Waals surface area contributed by atoms with E-state index in [0.717, 1.165) is 6.42 Å². The molecule has 4 rings (SSSR count). The van der Waals surface area contributed by atoms with Gasteiger partial charge in [0.2, 0.25) is 0 Å². The van der Waals surface area contributed by atoms with E-state index in [2.05, 4.69) is 66.7 Å². The van der Waals surface area contributed by atoms with Gasteiger partial charge in [0.05, 0.1) is 0 Å². The van der Waals surface area contributed by atoms with Crippen LogP contribution in [0.1, 0.15) is 11.1 Å². The predicted molar refractivity (Wildman–Crippen MR) is 79.0 cm³/mol. The molecule has 0 heterocycles. The van der Waals surface area contributed by atoms with E-state index in [1.165, 1.54) is 33.4 Å². The van der Waals surface area contributed by atoms with Crippen LogP contribution in [0.25, 0.3) is 22.3 Å². The molecule has 0 saturated carbocycles. The number of benzene rings is 3. The second-order valence-electron chi connectivity index (χ2n) is 4.94. The quantitative estimate of drug-likeness (QED) is 0.294. The van der Waals surface area contributed by atoms with Gasteiger partial charge < -0.3 is 24.8 Å². The molecule has 0 N–H and O–H groups in total. The summed E-state index contributed by atoms with van der Waals surface area (Å²) in [5.41, 5.74) is 8.07. The Kier molecular flexibility index (Phi) is 6.90. The maximum atomic E-state index is 3.41. The van der Waals surface area contributed by atoms with E-state index in [4.69, 9.17) is 0 Å². The Balaban J connectivity index is 0.000000807. The molecule has 1 aliphatic rings. The van der Waals surface area contributed by atoms with Crippen LogP contribution in [0.4, 0.5) is 0 Å². The fourth-order valence-electron chi connectivity index (χ4n) is 2.96. The van der Waals surface area contributed by atoms with Gasteiger partial charge in [0.15, 0.2) is 0 Å². The summed E-state index contributed by atoms with van der Waals surface area (Å²) in [6.07, 6.45) is 1.01. The molecule has 0 nitrogen and oxygen atoms in total. The summed E-state index contributed by atoms with van der Waals surface area (Å²) in [6, 6.07) is 26.9. The molecule has 0 fully saturated rings. The maximum Gasteiger partial charge on any atom is 3.00 e. The predicted octanol–water partition coefficient (Wildman–Crippen LogP) is -1.27. The Labute approximate surface area is 158 Å². The summed E-state index contributed by atoms with van der Waals surface area (Å²) in [4.78, 5) is 0. The number of fused-ring (bicyclic) bond motifs is 3. The molecule has 0 bridgehead atoms. The second-order valence-corrected chi connectivity index (χ2v) is 4.94. The van der Waals surface area contributed by atoms with Gasteiger partial charge in [0, 0.05) is 0 Å². The summed E-state index contributed by atoms with van der Waals surface area (Å²) in [7, 11) is 0. The Bertz CT molecular complexity index is 754. The molecule has 0 aromatic heterocycles. The molecule has 0 amide bonds. The van der Waals surface area contributed by atoms with Crippen LogP contribution in [0.5, 0.6) is 0 Å². The number of halogens is 2. The fourth-order valence-corrected chi connectivity index (χ4v) is 2.96. The first kappa shape index (κ1) is 19.0. The Morgan fingerprint density at radius 1 is 0.727 bits per heavy atom. The number of hydrogen-bond acceptors (Lipinski definition) is 0. The first-order chi connectivity index (χ1) is 9.43. The van der Waals surface area contributed by atoms with E-state index in [1.54, 1.807) is 0 Å². The zero-order valence-electron chi connectivity index (χ0n) is 11.8. The summed E-state index contributed by atoms with van der Waals surface area (Å²) in [5.74, 6) is 0. The van der Waals surface area contributed by atoms with Crippen molar-refractivity contribution < 1.29 is 46.5 Å². The number of hydrogen-bond donors (Lipinski definition) is 0. The summed E-state index contributed by atoms with van der Waals surface area (Å²) in [6.45, 7) is 0. The van der Waals surface area contributed by atoms with Crippen molar-refractivity contribution in [2.24, 2.45) is 0 Å². The van der Waals surface area contributed by atoms with Gasteiger partial charge in [0.1, 0.15) is 0 Å². The normalized spacial score (nSPS) is 10.4. The Morgan fingerprint density at radius 2 is 1.41 bits per heavy atom. The van der Waals surface area contributed by atoms with Crippen LogP contribution in [0.2, 0.25) is 0 Å². The van der Waals surface area contributed by atoms with Crippen LogP contribution in [0.15, 0.2) is 66.7 Å². The molecule has 22 heavy (non-hydrogen) atoms. The molecule has 1 aliphatic carbocycles. The van der Waals surface area contributed by atoms with Crippen LogP contribution < -0.4 is 24.8 Å². The van der Waals surface area contributed by atoms with E-state index in [1.807, 2.05) is 6.07 Å². The van der Waals surface area contributed by atoms with Gasteiger partial charge in [0.25, 0.3) is 0 Å². The maximum absolute atomic E-state index is 3.41. The molecule has 0 atom stereocenters. The summed E-state index contributed by atoms with van der Waals surface area (Å²) < 4.78 is 0. The number of rotatable bonds is 1. The van der Waals surface area contributed by atoms with Crippen molar-refractivity contribution in [3.63, 3.8) is 0 Å². The summed E-state index contributed by atoms with van der Waals surface area (Å²) in [5, 5.41) is 0. The standard InChI is InChI=1S/C19H13.2ClH.Ti/c1-2-7-14(8-3-1)17-12-6-10-16-13-15-9-4-5-11-18(15)19(16)17;;;/h1-9,11-12H,13H2;2*1H;/q-1;;;+3/p-2. The Morgan fingerprint density at radius 3 is 2.18 bits per heavy atom.